The molecule has 22 heteroatoms. The fraction of sp³-hybridized carbons (Fsp3) is 0.574. The van der Waals surface area contributed by atoms with Crippen LogP contribution in [0, 0.1) is 11.8 Å². The van der Waals surface area contributed by atoms with Crippen molar-refractivity contribution in [2.45, 2.75) is 166 Å². The van der Waals surface area contributed by atoms with Crippen molar-refractivity contribution in [1.29, 1.82) is 0 Å². The third kappa shape index (κ3) is 27.6. The predicted octanol–water partition coefficient (Wildman–Crippen LogP) is 8.84. The quantitative estimate of drug-likeness (QED) is 0.0244. The maximum atomic E-state index is 13.8. The molecule has 0 saturated heterocycles. The molecule has 3 heterocycles. The second kappa shape index (κ2) is 37.2. The van der Waals surface area contributed by atoms with Crippen molar-refractivity contribution in [3.8, 4) is 0 Å². The Morgan fingerprint density at radius 1 is 0.868 bits per heavy atom. The number of aromatic nitrogens is 2. The van der Waals surface area contributed by atoms with Gasteiger partial charge in [-0.2, -0.15) is 9.29 Å². The number of phosphoric ester groups is 2. The number of nitrogens with zero attached hydrogens (tertiary/aromatic N) is 2. The van der Waals surface area contributed by atoms with E-state index in [9.17, 15) is 53.4 Å². The van der Waals surface area contributed by atoms with Crippen molar-refractivity contribution < 1.29 is 76.2 Å². The first-order valence-electron chi connectivity index (χ1n) is 26.3. The monoisotopic (exact) mass is 1110 g/mol. The number of nitrogens with two attached hydrogens (primary N) is 1. The zero-order valence-corrected chi connectivity index (χ0v) is 45.7. The van der Waals surface area contributed by atoms with Gasteiger partial charge in [0.05, 0.1) is 31.3 Å². The molecule has 0 radical (unpaired) electrons. The minimum Gasteiger partial charge on any atom is -0.462 e. The number of rotatable bonds is 24. The van der Waals surface area contributed by atoms with Gasteiger partial charge < -0.3 is 45.1 Å². The topological polar surface area (TPSA) is 303 Å². The highest BCUT2D eigenvalue weighted by atomic mass is 31.3. The molecule has 76 heavy (non-hydrogen) atoms. The number of hydrogen-bond acceptors (Lipinski definition) is 17. The third-order valence-corrected chi connectivity index (χ3v) is 14.5. The number of phosphoric acid groups is 2. The molecule has 1 aromatic heterocycles. The number of nitrogen functional groups attached to an aromatic ring is 1. The van der Waals surface area contributed by atoms with E-state index in [1.54, 1.807) is 12.2 Å². The maximum Gasteiger partial charge on any atom is 0.481 e. The van der Waals surface area contributed by atoms with Crippen LogP contribution in [0.2, 0.25) is 0 Å². The van der Waals surface area contributed by atoms with Crippen molar-refractivity contribution in [1.82, 2.24) is 9.55 Å². The van der Waals surface area contributed by atoms with Gasteiger partial charge >= 0.3 is 33.3 Å². The molecule has 1 aromatic rings. The molecule has 0 spiro atoms. The Labute approximate surface area is 447 Å². The van der Waals surface area contributed by atoms with Gasteiger partial charge in [0.15, 0.2) is 11.9 Å². The Kier molecular flexibility index (Phi) is 32.1. The number of anilines is 1. The first-order chi connectivity index (χ1) is 36.4. The van der Waals surface area contributed by atoms with Crippen molar-refractivity contribution in [2.24, 2.45) is 11.8 Å². The van der Waals surface area contributed by atoms with E-state index < -0.39 is 107 Å². The summed E-state index contributed by atoms with van der Waals surface area (Å²) in [6.45, 7) is 1.41. The lowest BCUT2D eigenvalue weighted by molar-refractivity contribution is -0.167. The highest BCUT2D eigenvalue weighted by Crippen LogP contribution is 2.60. The molecule has 10 atom stereocenters. The van der Waals surface area contributed by atoms with Crippen LogP contribution in [0.25, 0.3) is 0 Å². The van der Waals surface area contributed by atoms with Crippen molar-refractivity contribution in [3.05, 3.63) is 120 Å². The van der Waals surface area contributed by atoms with Crippen LogP contribution in [0.5, 0.6) is 0 Å². The number of unbranched alkanes of at least 4 members (excludes halogenated alkanes) is 5. The summed E-state index contributed by atoms with van der Waals surface area (Å²) < 4.78 is 59.0. The first-order valence-corrected chi connectivity index (χ1v) is 29.3. The molecule has 2 aliphatic heterocycles. The number of carbonyl (C=O) groups excluding carboxylic acids is 3. The van der Waals surface area contributed by atoms with Gasteiger partial charge in [0.2, 0.25) is 0 Å². The zero-order valence-electron chi connectivity index (χ0n) is 43.9. The summed E-state index contributed by atoms with van der Waals surface area (Å²) in [6, 6.07) is 1.28. The summed E-state index contributed by atoms with van der Waals surface area (Å²) in [7, 11) is -11.3. The van der Waals surface area contributed by atoms with E-state index in [1.807, 2.05) is 6.92 Å². The fourth-order valence-corrected chi connectivity index (χ4v) is 9.83. The highest BCUT2D eigenvalue weighted by Gasteiger charge is 2.42. The SMILES string of the molecule is CC/C=C\C/C=C\C/C=C\C/C=C\C/C=C\CCCCCC(=O)OC[C@@H]1COP(=O)(O)OP(=O)(O)OC[C@H]2O[C@@H](n3ccc(N)nc3=O)[C@H](C=CC(=O)[C@H](/C=C/[C@@H](O)CCCCC)[C@H](O)[C@@H]2O)CC=CCCCC(=O)O1. The largest absolute Gasteiger partial charge is 0.481 e. The average Bonchev–Trinajstić information content (AvgIpc) is 3.37. The normalized spacial score (nSPS) is 27.6. The van der Waals surface area contributed by atoms with Gasteiger partial charge in [-0.05, 0) is 89.2 Å². The van der Waals surface area contributed by atoms with E-state index in [-0.39, 0.29) is 31.5 Å². The number of fused-ring (bicyclic) bond motifs is 3. The molecule has 2 bridgehead atoms. The number of cyclic esters (lactones) is 1. The van der Waals surface area contributed by atoms with Gasteiger partial charge in [-0.15, -0.1) is 0 Å². The Balaban J connectivity index is 1.70. The van der Waals surface area contributed by atoms with Gasteiger partial charge in [0.25, 0.3) is 0 Å². The number of ether oxygens (including phenoxy) is 3. The van der Waals surface area contributed by atoms with E-state index in [0.717, 1.165) is 74.9 Å². The van der Waals surface area contributed by atoms with Gasteiger partial charge in [-0.3, -0.25) is 28.0 Å². The Morgan fingerprint density at radius 3 is 2.18 bits per heavy atom. The third-order valence-electron chi connectivity index (χ3n) is 11.9. The average molecular weight is 1110 g/mol. The number of esters is 2. The number of hydrogen-bond donors (Lipinski definition) is 6. The van der Waals surface area contributed by atoms with E-state index in [1.165, 1.54) is 30.5 Å². The van der Waals surface area contributed by atoms with Crippen LogP contribution in [-0.2, 0) is 51.1 Å². The molecule has 0 aromatic carbocycles. The van der Waals surface area contributed by atoms with E-state index in [0.29, 0.717) is 25.7 Å². The molecule has 7 N–H and O–H groups in total. The van der Waals surface area contributed by atoms with Gasteiger partial charge in [-0.25, -0.2) is 13.9 Å². The second-order valence-electron chi connectivity index (χ2n) is 18.3. The molecular weight excluding hydrogens is 1020 g/mol. The molecule has 0 aliphatic carbocycles. The molecular formula is C54H81N3O17P2. The zero-order chi connectivity index (χ0) is 55.6. The van der Waals surface area contributed by atoms with E-state index in [4.69, 9.17) is 29.0 Å². The lowest BCUT2D eigenvalue weighted by Crippen LogP contribution is -2.49. The highest BCUT2D eigenvalue weighted by molar-refractivity contribution is 7.61. The lowest BCUT2D eigenvalue weighted by Gasteiger charge is -2.36. The second-order valence-corrected chi connectivity index (χ2v) is 21.3. The number of carbonyl (C=O) groups is 3. The Bertz CT molecular complexity index is 2310. The minimum atomic E-state index is -5.69. The van der Waals surface area contributed by atoms with Crippen LogP contribution in [0.15, 0.2) is 114 Å². The van der Waals surface area contributed by atoms with Crippen LogP contribution < -0.4 is 11.4 Å². The Hall–Kier alpha value is -4.69. The number of allylic oxidation sites excluding steroid dienone is 13. The summed E-state index contributed by atoms with van der Waals surface area (Å²) in [6.07, 6.45) is 31.9. The molecule has 0 amide bonds. The predicted molar refractivity (Wildman–Crippen MR) is 288 cm³/mol. The smallest absolute Gasteiger partial charge is 0.462 e. The molecule has 2 unspecified atom stereocenters. The number of ketones is 1. The lowest BCUT2D eigenvalue weighted by atomic mass is 9.88. The summed E-state index contributed by atoms with van der Waals surface area (Å²) >= 11 is 0. The maximum absolute atomic E-state index is 13.8. The fourth-order valence-electron chi connectivity index (χ4n) is 7.72. The minimum absolute atomic E-state index is 0.0446. The van der Waals surface area contributed by atoms with Gasteiger partial charge in [0, 0.05) is 25.0 Å². The molecule has 0 fully saturated rings. The summed E-state index contributed by atoms with van der Waals surface area (Å²) in [4.78, 5) is 77.9. The van der Waals surface area contributed by atoms with Crippen LogP contribution in [0.4, 0.5) is 5.82 Å². The van der Waals surface area contributed by atoms with Crippen molar-refractivity contribution in [3.63, 3.8) is 0 Å². The molecule has 3 rings (SSSR count). The molecule has 424 valence electrons. The van der Waals surface area contributed by atoms with Gasteiger partial charge in [0.1, 0.15) is 30.9 Å². The van der Waals surface area contributed by atoms with Gasteiger partial charge in [-0.1, -0.05) is 131 Å². The standard InChI is InChI=1S/C54H81N3O17P2/c1-3-5-7-8-9-10-11-12-13-14-15-16-17-18-19-20-21-22-27-31-49(60)69-39-44-40-70-75(65,66)74-76(67,68)71-41-47-52(63)51(62)45(35-34-43(58)30-25-6-4-2)46(59)36-33-42(29-26-23-24-28-32-50(61)72-44)53(73-47)57-38-37-48(55)56-54(57)64/h5,7,9-10,12-13,15-16,18-19,23,26,33-38,42-45,47,51-53,58,62-63H,3-4,6,8,11,14,17,20-22,24-25,27-32,39-41H2,1-2H3,(H,65,66)(H,67,68)(H2,55,56,64)/b7-5-,10-9-,13-12-,16-15-,19-18-,26-23?,35-34+,36-33?/t42-,43-,44+,45-,47+,51-,52+,53+/m0/s1. The summed E-state index contributed by atoms with van der Waals surface area (Å²) in [5.74, 6) is -4.72. The first kappa shape index (κ1) is 65.6. The summed E-state index contributed by atoms with van der Waals surface area (Å²) in [5.41, 5.74) is 4.83. The van der Waals surface area contributed by atoms with Crippen molar-refractivity contribution >= 4 is 39.2 Å². The number of aliphatic hydroxyl groups excluding tert-OH is 3. The van der Waals surface area contributed by atoms with E-state index in [2.05, 4.69) is 77.0 Å². The van der Waals surface area contributed by atoms with Crippen LogP contribution in [0.3, 0.4) is 0 Å². The van der Waals surface area contributed by atoms with Crippen molar-refractivity contribution in [2.75, 3.05) is 25.6 Å². The molecule has 2 aliphatic rings. The molecule has 20 nitrogen and oxygen atoms in total. The van der Waals surface area contributed by atoms with Crippen LogP contribution in [0.1, 0.15) is 136 Å². The van der Waals surface area contributed by atoms with E-state index >= 15 is 0 Å². The summed E-state index contributed by atoms with van der Waals surface area (Å²) in [5, 5.41) is 33.8. The molecule has 0 saturated carbocycles. The van der Waals surface area contributed by atoms with Crippen LogP contribution in [-0.4, -0.2) is 103 Å². The Morgan fingerprint density at radius 2 is 1.53 bits per heavy atom. The number of aliphatic hydroxyl groups is 3. The van der Waals surface area contributed by atoms with Crippen LogP contribution >= 0.6 is 15.6 Å².